The van der Waals surface area contributed by atoms with Gasteiger partial charge in [0.05, 0.1) is 24.4 Å². The van der Waals surface area contributed by atoms with Crippen LogP contribution in [0.3, 0.4) is 0 Å². The van der Waals surface area contributed by atoms with Crippen molar-refractivity contribution < 1.29 is 19.4 Å². The average molecular weight is 447 g/mol. The average Bonchev–Trinajstić information content (AvgIpc) is 3.25. The highest BCUT2D eigenvalue weighted by Crippen LogP contribution is 2.26. The standard InChI is InChI=1S/C23H21N5O5/c1-28-22(30)19(18(33-2)12-24-28)14-9-7-13(8-10-14)11-17(23(31)32)25-21(29)20-15-5-3-4-6-16(15)26-27-20/h3-10,12,17H,11H2,1-2H3,(H,25,29)(H,26,27)(H,31,32)/t17-/m0/s1. The van der Waals surface area contributed by atoms with Gasteiger partial charge in [0, 0.05) is 18.9 Å². The van der Waals surface area contributed by atoms with E-state index in [-0.39, 0.29) is 17.7 Å². The number of nitrogens with one attached hydrogen (secondary N) is 2. The molecule has 10 heteroatoms. The van der Waals surface area contributed by atoms with Crippen LogP contribution < -0.4 is 15.6 Å². The lowest BCUT2D eigenvalue weighted by molar-refractivity contribution is -0.139. The van der Waals surface area contributed by atoms with Crippen molar-refractivity contribution in [3.63, 3.8) is 0 Å². The normalized spacial score (nSPS) is 11.8. The molecule has 0 saturated carbocycles. The fourth-order valence-corrected chi connectivity index (χ4v) is 3.55. The molecule has 0 aliphatic rings. The number of amides is 1. The summed E-state index contributed by atoms with van der Waals surface area (Å²) in [6.45, 7) is 0. The molecule has 168 valence electrons. The zero-order valence-electron chi connectivity index (χ0n) is 17.9. The van der Waals surface area contributed by atoms with Crippen LogP contribution in [0.4, 0.5) is 0 Å². The van der Waals surface area contributed by atoms with Gasteiger partial charge in [-0.1, -0.05) is 42.5 Å². The molecule has 33 heavy (non-hydrogen) atoms. The molecule has 2 aromatic heterocycles. The van der Waals surface area contributed by atoms with E-state index >= 15 is 0 Å². The minimum Gasteiger partial charge on any atom is -0.494 e. The van der Waals surface area contributed by atoms with Gasteiger partial charge in [0.15, 0.2) is 11.4 Å². The summed E-state index contributed by atoms with van der Waals surface area (Å²) in [7, 11) is 3.00. The van der Waals surface area contributed by atoms with Crippen LogP contribution in [0.25, 0.3) is 22.0 Å². The maximum Gasteiger partial charge on any atom is 0.326 e. The zero-order valence-corrected chi connectivity index (χ0v) is 17.9. The Morgan fingerprint density at radius 3 is 2.61 bits per heavy atom. The number of hydrogen-bond acceptors (Lipinski definition) is 6. The summed E-state index contributed by atoms with van der Waals surface area (Å²) in [5, 5.41) is 23.5. The van der Waals surface area contributed by atoms with Crippen LogP contribution >= 0.6 is 0 Å². The van der Waals surface area contributed by atoms with Gasteiger partial charge in [-0.05, 0) is 17.2 Å². The second kappa shape index (κ2) is 8.95. The van der Waals surface area contributed by atoms with E-state index in [1.807, 2.05) is 6.07 Å². The van der Waals surface area contributed by atoms with Gasteiger partial charge in [-0.2, -0.15) is 10.2 Å². The van der Waals surface area contributed by atoms with E-state index in [4.69, 9.17) is 4.74 Å². The van der Waals surface area contributed by atoms with Gasteiger partial charge in [-0.25, -0.2) is 9.48 Å². The Hall–Kier alpha value is -4.47. The van der Waals surface area contributed by atoms with Crippen molar-refractivity contribution in [2.75, 3.05) is 7.11 Å². The molecule has 1 amide bonds. The van der Waals surface area contributed by atoms with Crippen molar-refractivity contribution in [3.05, 3.63) is 76.3 Å². The molecule has 0 bridgehead atoms. The smallest absolute Gasteiger partial charge is 0.326 e. The summed E-state index contributed by atoms with van der Waals surface area (Å²) >= 11 is 0. The number of methoxy groups -OCH3 is 1. The van der Waals surface area contributed by atoms with Gasteiger partial charge >= 0.3 is 5.97 Å². The third-order valence-corrected chi connectivity index (χ3v) is 5.29. The Labute approximate surface area is 187 Å². The number of carboxylic acid groups (broad SMARTS) is 1. The summed E-state index contributed by atoms with van der Waals surface area (Å²) in [5.74, 6) is -1.41. The van der Waals surface area contributed by atoms with Crippen LogP contribution in [0.1, 0.15) is 16.1 Å². The minimum absolute atomic E-state index is 0.0508. The molecular formula is C23H21N5O5. The highest BCUT2D eigenvalue weighted by molar-refractivity contribution is 6.05. The maximum absolute atomic E-state index is 12.7. The molecule has 10 nitrogen and oxygen atoms in total. The number of aromatic nitrogens is 4. The lowest BCUT2D eigenvalue weighted by Gasteiger charge is -2.15. The number of carbonyl (C=O) groups is 2. The van der Waals surface area contributed by atoms with Crippen LogP contribution in [-0.4, -0.2) is 50.1 Å². The molecule has 0 fully saturated rings. The lowest BCUT2D eigenvalue weighted by atomic mass is 10.0. The summed E-state index contributed by atoms with van der Waals surface area (Å²) in [4.78, 5) is 37.0. The number of aliphatic carboxylic acids is 1. The molecule has 0 aliphatic carbocycles. The van der Waals surface area contributed by atoms with Crippen molar-refractivity contribution in [1.82, 2.24) is 25.3 Å². The number of carboxylic acids is 1. The summed E-state index contributed by atoms with van der Waals surface area (Å²) < 4.78 is 6.47. The van der Waals surface area contributed by atoms with Gasteiger partial charge in [0.1, 0.15) is 6.04 Å². The number of rotatable bonds is 7. The molecule has 0 unspecified atom stereocenters. The van der Waals surface area contributed by atoms with E-state index < -0.39 is 17.9 Å². The molecule has 0 spiro atoms. The highest BCUT2D eigenvalue weighted by atomic mass is 16.5. The molecule has 4 aromatic rings. The van der Waals surface area contributed by atoms with Crippen LogP contribution in [0.5, 0.6) is 5.75 Å². The Kier molecular flexibility index (Phi) is 5.90. The number of benzene rings is 2. The Morgan fingerprint density at radius 1 is 1.18 bits per heavy atom. The number of para-hydroxylation sites is 1. The zero-order chi connectivity index (χ0) is 23.5. The van der Waals surface area contributed by atoms with Crippen molar-refractivity contribution in [3.8, 4) is 16.9 Å². The topological polar surface area (TPSA) is 139 Å². The molecule has 0 radical (unpaired) electrons. The third-order valence-electron chi connectivity index (χ3n) is 5.29. The SMILES string of the molecule is COc1cnn(C)c(=O)c1-c1ccc(C[C@H](NC(=O)c2n[nH]c3ccccc23)C(=O)O)cc1. The second-order valence-corrected chi connectivity index (χ2v) is 7.40. The van der Waals surface area contributed by atoms with Gasteiger partial charge in [-0.15, -0.1) is 0 Å². The van der Waals surface area contributed by atoms with Gasteiger partial charge in [0.25, 0.3) is 11.5 Å². The second-order valence-electron chi connectivity index (χ2n) is 7.40. The number of carbonyl (C=O) groups excluding carboxylic acids is 1. The van der Waals surface area contributed by atoms with E-state index in [1.165, 1.54) is 18.0 Å². The number of fused-ring (bicyclic) bond motifs is 1. The fraction of sp³-hybridized carbons (Fsp3) is 0.174. The van der Waals surface area contributed by atoms with E-state index in [0.29, 0.717) is 33.3 Å². The van der Waals surface area contributed by atoms with Crippen molar-refractivity contribution >= 4 is 22.8 Å². The first-order valence-corrected chi connectivity index (χ1v) is 10.1. The van der Waals surface area contributed by atoms with Crippen molar-refractivity contribution in [2.45, 2.75) is 12.5 Å². The number of ether oxygens (including phenoxy) is 1. The fourth-order valence-electron chi connectivity index (χ4n) is 3.55. The van der Waals surface area contributed by atoms with Crippen molar-refractivity contribution in [2.24, 2.45) is 7.05 Å². The summed E-state index contributed by atoms with van der Waals surface area (Å²) in [6.07, 6.45) is 1.51. The van der Waals surface area contributed by atoms with Gasteiger partial charge in [0.2, 0.25) is 0 Å². The Bertz CT molecular complexity index is 1390. The predicted molar refractivity (Wildman–Crippen MR) is 120 cm³/mol. The van der Waals surface area contributed by atoms with Gasteiger partial charge in [-0.3, -0.25) is 14.7 Å². The highest BCUT2D eigenvalue weighted by Gasteiger charge is 2.24. The molecule has 2 heterocycles. The molecule has 3 N–H and O–H groups in total. The van der Waals surface area contributed by atoms with Crippen LogP contribution in [-0.2, 0) is 18.3 Å². The molecular weight excluding hydrogens is 426 g/mol. The third kappa shape index (κ3) is 4.31. The number of hydrogen-bond donors (Lipinski definition) is 3. The van der Waals surface area contributed by atoms with Crippen LogP contribution in [0, 0.1) is 0 Å². The number of nitrogens with zero attached hydrogens (tertiary/aromatic N) is 3. The molecule has 4 rings (SSSR count). The predicted octanol–water partition coefficient (Wildman–Crippen LogP) is 1.76. The molecule has 2 aromatic carbocycles. The molecule has 0 aliphatic heterocycles. The quantitative estimate of drug-likeness (QED) is 0.392. The first kappa shape index (κ1) is 21.8. The number of aryl methyl sites for hydroxylation is 1. The van der Waals surface area contributed by atoms with Crippen LogP contribution in [0.2, 0.25) is 0 Å². The summed E-state index contributed by atoms with van der Waals surface area (Å²) in [5.41, 5.74) is 2.13. The van der Waals surface area contributed by atoms with E-state index in [0.717, 1.165) is 0 Å². The monoisotopic (exact) mass is 447 g/mol. The van der Waals surface area contributed by atoms with Gasteiger partial charge < -0.3 is 15.2 Å². The molecule has 1 atom stereocenters. The van der Waals surface area contributed by atoms with E-state index in [1.54, 1.807) is 49.5 Å². The Balaban J connectivity index is 1.55. The maximum atomic E-state index is 12.7. The largest absolute Gasteiger partial charge is 0.494 e. The first-order chi connectivity index (χ1) is 15.9. The van der Waals surface area contributed by atoms with Crippen LogP contribution in [0.15, 0.2) is 59.5 Å². The minimum atomic E-state index is -1.17. The van der Waals surface area contributed by atoms with Crippen molar-refractivity contribution in [1.29, 1.82) is 0 Å². The lowest BCUT2D eigenvalue weighted by Crippen LogP contribution is -2.42. The number of aromatic amines is 1. The first-order valence-electron chi connectivity index (χ1n) is 10.1. The number of H-pyrrole nitrogens is 1. The van der Waals surface area contributed by atoms with E-state index in [2.05, 4.69) is 20.6 Å². The molecule has 0 saturated heterocycles. The Morgan fingerprint density at radius 2 is 1.91 bits per heavy atom. The van der Waals surface area contributed by atoms with E-state index in [9.17, 15) is 19.5 Å². The summed E-state index contributed by atoms with van der Waals surface area (Å²) in [6, 6.07) is 12.8.